The number of rotatable bonds is 5. The molecule has 1 heterocycles. The molecule has 0 aliphatic rings. The summed E-state index contributed by atoms with van der Waals surface area (Å²) < 4.78 is 18.9. The van der Waals surface area contributed by atoms with Crippen LogP contribution in [0.5, 0.6) is 11.8 Å². The van der Waals surface area contributed by atoms with Crippen molar-refractivity contribution in [3.05, 3.63) is 47.0 Å². The minimum Gasteiger partial charge on any atom is -0.421 e. The van der Waals surface area contributed by atoms with Crippen molar-refractivity contribution in [2.24, 2.45) is 5.73 Å². The molecular formula is C14H15ClFN3O. The summed E-state index contributed by atoms with van der Waals surface area (Å²) in [4.78, 5) is 8.07. The summed E-state index contributed by atoms with van der Waals surface area (Å²) in [5, 5.41) is -0.00644. The standard InChI is InChI=1S/C14H15ClFN3O/c1-2-10(17)6-9-7-18-14(19-8-9)20-12-5-3-4-11(15)13(12)16/h3-5,7-8,10H,2,6,17H2,1H3. The number of aromatic nitrogens is 2. The van der Waals surface area contributed by atoms with Gasteiger partial charge in [0.15, 0.2) is 11.6 Å². The lowest BCUT2D eigenvalue weighted by Crippen LogP contribution is -2.21. The van der Waals surface area contributed by atoms with E-state index >= 15 is 0 Å². The van der Waals surface area contributed by atoms with Gasteiger partial charge < -0.3 is 10.5 Å². The maximum atomic E-state index is 13.7. The Kier molecular flexibility index (Phi) is 4.87. The van der Waals surface area contributed by atoms with Crippen molar-refractivity contribution in [2.75, 3.05) is 0 Å². The van der Waals surface area contributed by atoms with Crippen LogP contribution in [-0.4, -0.2) is 16.0 Å². The Bertz CT molecular complexity index is 577. The molecule has 20 heavy (non-hydrogen) atoms. The first-order chi connectivity index (χ1) is 9.60. The van der Waals surface area contributed by atoms with E-state index in [0.29, 0.717) is 6.42 Å². The highest BCUT2D eigenvalue weighted by Gasteiger charge is 2.10. The summed E-state index contributed by atoms with van der Waals surface area (Å²) in [6.45, 7) is 2.02. The van der Waals surface area contributed by atoms with Crippen LogP contribution in [0.1, 0.15) is 18.9 Å². The van der Waals surface area contributed by atoms with Crippen LogP contribution < -0.4 is 10.5 Å². The highest BCUT2D eigenvalue weighted by molar-refractivity contribution is 6.30. The Labute approximate surface area is 121 Å². The van der Waals surface area contributed by atoms with Gasteiger partial charge in [-0.2, -0.15) is 0 Å². The number of hydrogen-bond donors (Lipinski definition) is 1. The smallest absolute Gasteiger partial charge is 0.321 e. The lowest BCUT2D eigenvalue weighted by molar-refractivity contribution is 0.410. The highest BCUT2D eigenvalue weighted by atomic mass is 35.5. The van der Waals surface area contributed by atoms with Crippen LogP contribution in [0.4, 0.5) is 4.39 Å². The van der Waals surface area contributed by atoms with E-state index in [1.807, 2.05) is 6.92 Å². The summed E-state index contributed by atoms with van der Waals surface area (Å²) in [7, 11) is 0. The van der Waals surface area contributed by atoms with Crippen LogP contribution in [0.15, 0.2) is 30.6 Å². The zero-order valence-electron chi connectivity index (χ0n) is 11.0. The Hall–Kier alpha value is -1.72. The largest absolute Gasteiger partial charge is 0.421 e. The Morgan fingerprint density at radius 3 is 2.70 bits per heavy atom. The van der Waals surface area contributed by atoms with Gasteiger partial charge in [0.05, 0.1) is 5.02 Å². The van der Waals surface area contributed by atoms with Crippen molar-refractivity contribution in [3.63, 3.8) is 0 Å². The molecule has 0 saturated heterocycles. The van der Waals surface area contributed by atoms with Gasteiger partial charge in [-0.3, -0.25) is 0 Å². The van der Waals surface area contributed by atoms with Crippen molar-refractivity contribution in [1.82, 2.24) is 9.97 Å². The number of benzene rings is 1. The van der Waals surface area contributed by atoms with Gasteiger partial charge in [0.25, 0.3) is 0 Å². The Morgan fingerprint density at radius 2 is 2.05 bits per heavy atom. The first-order valence-electron chi connectivity index (χ1n) is 6.28. The monoisotopic (exact) mass is 295 g/mol. The van der Waals surface area contributed by atoms with Crippen LogP contribution in [0, 0.1) is 5.82 Å². The fourth-order valence-corrected chi connectivity index (χ4v) is 1.78. The number of halogens is 2. The topological polar surface area (TPSA) is 61.0 Å². The van der Waals surface area contributed by atoms with Crippen molar-refractivity contribution >= 4 is 11.6 Å². The van der Waals surface area contributed by atoms with Crippen LogP contribution in [0.3, 0.4) is 0 Å². The van der Waals surface area contributed by atoms with Crippen molar-refractivity contribution in [2.45, 2.75) is 25.8 Å². The molecule has 1 aromatic heterocycles. The fourth-order valence-electron chi connectivity index (χ4n) is 1.61. The molecular weight excluding hydrogens is 281 g/mol. The molecule has 0 bridgehead atoms. The highest BCUT2D eigenvalue weighted by Crippen LogP contribution is 2.26. The minimum absolute atomic E-state index is 0.00416. The molecule has 0 radical (unpaired) electrons. The molecule has 1 atom stereocenters. The van der Waals surface area contributed by atoms with Crippen LogP contribution in [0.2, 0.25) is 5.02 Å². The summed E-state index contributed by atoms with van der Waals surface area (Å²) in [6.07, 6.45) is 4.83. The lowest BCUT2D eigenvalue weighted by atomic mass is 10.1. The van der Waals surface area contributed by atoms with Gasteiger partial charge in [0.2, 0.25) is 0 Å². The quantitative estimate of drug-likeness (QED) is 0.919. The maximum absolute atomic E-state index is 13.7. The number of nitrogens with zero attached hydrogens (tertiary/aromatic N) is 2. The Morgan fingerprint density at radius 1 is 1.35 bits per heavy atom. The van der Waals surface area contributed by atoms with E-state index in [9.17, 15) is 4.39 Å². The number of hydrogen-bond acceptors (Lipinski definition) is 4. The summed E-state index contributed by atoms with van der Waals surface area (Å²) >= 11 is 5.67. The molecule has 0 aliphatic carbocycles. The molecule has 2 aromatic rings. The Balaban J connectivity index is 2.09. The molecule has 1 unspecified atom stereocenters. The zero-order chi connectivity index (χ0) is 14.5. The normalized spacial score (nSPS) is 12.2. The predicted octanol–water partition coefficient (Wildman–Crippen LogP) is 3.34. The SMILES string of the molecule is CCC(N)Cc1cnc(Oc2cccc(Cl)c2F)nc1. The molecule has 0 amide bonds. The molecule has 2 N–H and O–H groups in total. The molecule has 0 fully saturated rings. The molecule has 106 valence electrons. The zero-order valence-corrected chi connectivity index (χ0v) is 11.8. The maximum Gasteiger partial charge on any atom is 0.321 e. The van der Waals surface area contributed by atoms with Crippen molar-refractivity contribution in [3.8, 4) is 11.8 Å². The minimum atomic E-state index is -0.630. The van der Waals surface area contributed by atoms with E-state index in [1.165, 1.54) is 12.1 Å². The predicted molar refractivity (Wildman–Crippen MR) is 75.5 cm³/mol. The second-order valence-corrected chi connectivity index (χ2v) is 4.81. The summed E-state index contributed by atoms with van der Waals surface area (Å²) in [6, 6.07) is 4.65. The summed E-state index contributed by atoms with van der Waals surface area (Å²) in [5.74, 6) is -0.634. The second-order valence-electron chi connectivity index (χ2n) is 4.40. The second kappa shape index (κ2) is 6.63. The molecule has 0 aliphatic heterocycles. The van der Waals surface area contributed by atoms with Gasteiger partial charge >= 0.3 is 6.01 Å². The first kappa shape index (κ1) is 14.7. The third kappa shape index (κ3) is 3.65. The van der Waals surface area contributed by atoms with Crippen LogP contribution in [0.25, 0.3) is 0 Å². The van der Waals surface area contributed by atoms with E-state index in [4.69, 9.17) is 22.1 Å². The van der Waals surface area contributed by atoms with Gasteiger partial charge in [-0.1, -0.05) is 24.6 Å². The van der Waals surface area contributed by atoms with Gasteiger partial charge in [-0.15, -0.1) is 0 Å². The number of ether oxygens (including phenoxy) is 1. The summed E-state index contributed by atoms with van der Waals surface area (Å²) in [5.41, 5.74) is 6.77. The van der Waals surface area contributed by atoms with Gasteiger partial charge in [0.1, 0.15) is 0 Å². The van der Waals surface area contributed by atoms with Crippen molar-refractivity contribution in [1.29, 1.82) is 0 Å². The van der Waals surface area contributed by atoms with E-state index in [0.717, 1.165) is 12.0 Å². The molecule has 0 spiro atoms. The van der Waals surface area contributed by atoms with E-state index in [2.05, 4.69) is 9.97 Å². The van der Waals surface area contributed by atoms with Gasteiger partial charge in [0, 0.05) is 18.4 Å². The van der Waals surface area contributed by atoms with Crippen LogP contribution in [-0.2, 0) is 6.42 Å². The van der Waals surface area contributed by atoms with Gasteiger partial charge in [-0.25, -0.2) is 14.4 Å². The molecule has 1 aromatic carbocycles. The first-order valence-corrected chi connectivity index (χ1v) is 6.66. The van der Waals surface area contributed by atoms with E-state index in [1.54, 1.807) is 18.5 Å². The molecule has 0 saturated carbocycles. The number of nitrogens with two attached hydrogens (primary N) is 1. The molecule has 4 nitrogen and oxygen atoms in total. The van der Waals surface area contributed by atoms with E-state index in [-0.39, 0.29) is 22.8 Å². The molecule has 6 heteroatoms. The van der Waals surface area contributed by atoms with E-state index < -0.39 is 5.82 Å². The van der Waals surface area contributed by atoms with Crippen molar-refractivity contribution < 1.29 is 9.13 Å². The average molecular weight is 296 g/mol. The van der Waals surface area contributed by atoms with Crippen LogP contribution >= 0.6 is 11.6 Å². The fraction of sp³-hybridized carbons (Fsp3) is 0.286. The average Bonchev–Trinajstić information content (AvgIpc) is 2.46. The lowest BCUT2D eigenvalue weighted by Gasteiger charge is -2.09. The third-order valence-electron chi connectivity index (χ3n) is 2.82. The van der Waals surface area contributed by atoms with Gasteiger partial charge in [-0.05, 0) is 30.5 Å². The third-order valence-corrected chi connectivity index (χ3v) is 3.11. The molecule has 2 rings (SSSR count).